The van der Waals surface area contributed by atoms with E-state index in [2.05, 4.69) is 0 Å². The Morgan fingerprint density at radius 1 is 1.18 bits per heavy atom. The van der Waals surface area contributed by atoms with Crippen LogP contribution in [0.3, 0.4) is 0 Å². The number of likely N-dealkylation sites (tertiary alicyclic amines) is 1. The highest BCUT2D eigenvalue weighted by Crippen LogP contribution is 2.19. The lowest BCUT2D eigenvalue weighted by atomic mass is 10.3. The van der Waals surface area contributed by atoms with Gasteiger partial charge in [-0.2, -0.15) is 0 Å². The molecule has 2 N–H and O–H groups in total. The minimum absolute atomic E-state index is 0.222. The van der Waals surface area contributed by atoms with Crippen LogP contribution in [0.4, 0.5) is 4.39 Å². The predicted octanol–water partition coefficient (Wildman–Crippen LogP) is 0.955. The molecule has 1 aromatic carbocycles. The zero-order valence-electron chi connectivity index (χ0n) is 9.42. The van der Waals surface area contributed by atoms with E-state index < -0.39 is 12.2 Å². The van der Waals surface area contributed by atoms with Gasteiger partial charge in [0, 0.05) is 30.3 Å². The van der Waals surface area contributed by atoms with Crippen molar-refractivity contribution in [2.75, 3.05) is 25.4 Å². The molecule has 5 heteroatoms. The van der Waals surface area contributed by atoms with Crippen LogP contribution in [0.1, 0.15) is 0 Å². The average molecular weight is 257 g/mol. The molecule has 1 saturated heterocycles. The summed E-state index contributed by atoms with van der Waals surface area (Å²) in [7, 11) is 0. The smallest absolute Gasteiger partial charge is 0.123 e. The van der Waals surface area contributed by atoms with Crippen molar-refractivity contribution in [3.05, 3.63) is 30.1 Å². The second-order valence-corrected chi connectivity index (χ2v) is 5.36. The molecule has 0 unspecified atom stereocenters. The van der Waals surface area contributed by atoms with Gasteiger partial charge in [-0.1, -0.05) is 0 Å². The van der Waals surface area contributed by atoms with Gasteiger partial charge in [-0.05, 0) is 24.3 Å². The second-order valence-electron chi connectivity index (χ2n) is 4.20. The number of halogens is 1. The largest absolute Gasteiger partial charge is 0.389 e. The number of aliphatic hydroxyl groups excluding tert-OH is 2. The number of hydrogen-bond acceptors (Lipinski definition) is 4. The summed E-state index contributed by atoms with van der Waals surface area (Å²) in [6, 6.07) is 6.42. The first-order valence-electron chi connectivity index (χ1n) is 5.62. The molecule has 0 radical (unpaired) electrons. The Hall–Kier alpha value is -0.620. The summed E-state index contributed by atoms with van der Waals surface area (Å²) in [5.41, 5.74) is 0. The summed E-state index contributed by atoms with van der Waals surface area (Å²) in [4.78, 5) is 3.07. The third-order valence-electron chi connectivity index (χ3n) is 2.82. The summed E-state index contributed by atoms with van der Waals surface area (Å²) in [6.07, 6.45) is -1.24. The molecular formula is C12H16FNO2S. The van der Waals surface area contributed by atoms with Crippen molar-refractivity contribution in [1.29, 1.82) is 0 Å². The average Bonchev–Trinajstić information content (AvgIpc) is 2.61. The normalized spacial score (nSPS) is 25.4. The van der Waals surface area contributed by atoms with Gasteiger partial charge in [0.2, 0.25) is 0 Å². The van der Waals surface area contributed by atoms with Crippen LogP contribution in [-0.4, -0.2) is 52.7 Å². The molecule has 0 bridgehead atoms. The van der Waals surface area contributed by atoms with Gasteiger partial charge in [0.05, 0.1) is 12.2 Å². The highest BCUT2D eigenvalue weighted by atomic mass is 32.2. The van der Waals surface area contributed by atoms with Crippen LogP contribution < -0.4 is 0 Å². The Bertz CT molecular complexity index is 350. The number of rotatable bonds is 4. The molecular weight excluding hydrogens is 241 g/mol. The van der Waals surface area contributed by atoms with Gasteiger partial charge in [-0.15, -0.1) is 11.8 Å². The van der Waals surface area contributed by atoms with E-state index in [1.54, 1.807) is 23.9 Å². The lowest BCUT2D eigenvalue weighted by Crippen LogP contribution is -2.24. The minimum atomic E-state index is -0.620. The molecule has 1 aliphatic rings. The third-order valence-corrected chi connectivity index (χ3v) is 3.82. The van der Waals surface area contributed by atoms with E-state index in [4.69, 9.17) is 0 Å². The van der Waals surface area contributed by atoms with Crippen molar-refractivity contribution < 1.29 is 14.6 Å². The zero-order chi connectivity index (χ0) is 12.3. The first kappa shape index (κ1) is 12.8. The van der Waals surface area contributed by atoms with E-state index in [1.807, 2.05) is 4.90 Å². The summed E-state index contributed by atoms with van der Waals surface area (Å²) in [5.74, 6) is 0.644. The first-order chi connectivity index (χ1) is 8.15. The zero-order valence-corrected chi connectivity index (χ0v) is 10.2. The van der Waals surface area contributed by atoms with E-state index in [9.17, 15) is 14.6 Å². The van der Waals surface area contributed by atoms with Gasteiger partial charge in [0.1, 0.15) is 5.82 Å². The van der Waals surface area contributed by atoms with Crippen LogP contribution in [0.25, 0.3) is 0 Å². The van der Waals surface area contributed by atoms with Gasteiger partial charge >= 0.3 is 0 Å². The first-order valence-corrected chi connectivity index (χ1v) is 6.60. The fourth-order valence-corrected chi connectivity index (χ4v) is 2.77. The lowest BCUT2D eigenvalue weighted by molar-refractivity contribution is 0.0572. The number of nitrogens with zero attached hydrogens (tertiary/aromatic N) is 1. The lowest BCUT2D eigenvalue weighted by Gasteiger charge is -2.13. The SMILES string of the molecule is O[C@@H]1CN(CCSc2ccc(F)cc2)C[C@H]1O. The maximum absolute atomic E-state index is 12.7. The molecule has 94 valence electrons. The molecule has 0 amide bonds. The Morgan fingerprint density at radius 3 is 2.35 bits per heavy atom. The van der Waals surface area contributed by atoms with Crippen molar-refractivity contribution in [2.45, 2.75) is 17.1 Å². The van der Waals surface area contributed by atoms with E-state index in [0.29, 0.717) is 13.1 Å². The summed E-state index contributed by atoms with van der Waals surface area (Å²) < 4.78 is 12.7. The van der Waals surface area contributed by atoms with Gasteiger partial charge in [0.15, 0.2) is 0 Å². The fraction of sp³-hybridized carbons (Fsp3) is 0.500. The van der Waals surface area contributed by atoms with Gasteiger partial charge in [-0.3, -0.25) is 4.90 Å². The second kappa shape index (κ2) is 5.82. The molecule has 1 aliphatic heterocycles. The van der Waals surface area contributed by atoms with Crippen LogP contribution in [-0.2, 0) is 0 Å². The fourth-order valence-electron chi connectivity index (χ4n) is 1.85. The molecule has 0 aromatic heterocycles. The summed E-state index contributed by atoms with van der Waals surface area (Å²) in [5, 5.41) is 18.7. The van der Waals surface area contributed by atoms with E-state index >= 15 is 0 Å². The topological polar surface area (TPSA) is 43.7 Å². The Morgan fingerprint density at radius 2 is 1.76 bits per heavy atom. The van der Waals surface area contributed by atoms with Crippen molar-refractivity contribution in [2.24, 2.45) is 0 Å². The standard InChI is InChI=1S/C12H16FNO2S/c13-9-1-3-10(4-2-9)17-6-5-14-7-11(15)12(16)8-14/h1-4,11-12,15-16H,5-8H2/t11-,12-/m1/s1. The van der Waals surface area contributed by atoms with E-state index in [0.717, 1.165) is 17.2 Å². The molecule has 0 saturated carbocycles. The summed E-state index contributed by atoms with van der Waals surface area (Å²) in [6.45, 7) is 1.88. The summed E-state index contributed by atoms with van der Waals surface area (Å²) >= 11 is 1.65. The number of β-amino-alcohol motifs (C(OH)–C–C–N with tert-alkyl or cyclic N) is 2. The predicted molar refractivity (Wildman–Crippen MR) is 65.6 cm³/mol. The quantitative estimate of drug-likeness (QED) is 0.788. The molecule has 3 nitrogen and oxygen atoms in total. The minimum Gasteiger partial charge on any atom is -0.389 e. The molecule has 2 atom stereocenters. The van der Waals surface area contributed by atoms with Crippen molar-refractivity contribution in [3.8, 4) is 0 Å². The maximum atomic E-state index is 12.7. The van der Waals surface area contributed by atoms with Crippen molar-refractivity contribution in [1.82, 2.24) is 4.90 Å². The third kappa shape index (κ3) is 3.67. The Kier molecular flexibility index (Phi) is 4.39. The van der Waals surface area contributed by atoms with Gasteiger partial charge < -0.3 is 10.2 Å². The molecule has 1 aromatic rings. The van der Waals surface area contributed by atoms with Crippen LogP contribution in [0.15, 0.2) is 29.2 Å². The van der Waals surface area contributed by atoms with Crippen LogP contribution >= 0.6 is 11.8 Å². The number of benzene rings is 1. The molecule has 17 heavy (non-hydrogen) atoms. The van der Waals surface area contributed by atoms with Crippen LogP contribution in [0.2, 0.25) is 0 Å². The highest BCUT2D eigenvalue weighted by Gasteiger charge is 2.28. The van der Waals surface area contributed by atoms with Gasteiger partial charge in [0.25, 0.3) is 0 Å². The number of hydrogen-bond donors (Lipinski definition) is 2. The van der Waals surface area contributed by atoms with Crippen LogP contribution in [0, 0.1) is 5.82 Å². The Balaban J connectivity index is 1.71. The number of aliphatic hydroxyl groups is 2. The van der Waals surface area contributed by atoms with E-state index in [1.165, 1.54) is 12.1 Å². The number of thioether (sulfide) groups is 1. The highest BCUT2D eigenvalue weighted by molar-refractivity contribution is 7.99. The monoisotopic (exact) mass is 257 g/mol. The molecule has 0 aliphatic carbocycles. The van der Waals surface area contributed by atoms with E-state index in [-0.39, 0.29) is 5.82 Å². The van der Waals surface area contributed by atoms with Crippen molar-refractivity contribution in [3.63, 3.8) is 0 Å². The van der Waals surface area contributed by atoms with Crippen molar-refractivity contribution >= 4 is 11.8 Å². The molecule has 0 spiro atoms. The molecule has 2 rings (SSSR count). The maximum Gasteiger partial charge on any atom is 0.123 e. The molecule has 1 fully saturated rings. The van der Waals surface area contributed by atoms with Gasteiger partial charge in [-0.25, -0.2) is 4.39 Å². The Labute approximate surface area is 104 Å². The molecule has 1 heterocycles. The van der Waals surface area contributed by atoms with Crippen LogP contribution in [0.5, 0.6) is 0 Å².